The third-order valence-corrected chi connectivity index (χ3v) is 5.70. The maximum atomic E-state index is 12.9. The molecular weight excluding hydrogens is 381 g/mol. The molecule has 3 unspecified atom stereocenters. The molecule has 0 N–H and O–H groups in total. The number of carbonyl (C=O) groups excluding carboxylic acids is 1. The lowest BCUT2D eigenvalue weighted by Crippen LogP contribution is -2.31. The summed E-state index contributed by atoms with van der Waals surface area (Å²) in [4.78, 5) is 27.0. The molecule has 1 aliphatic rings. The van der Waals surface area contributed by atoms with Crippen LogP contribution in [0.3, 0.4) is 0 Å². The highest BCUT2D eigenvalue weighted by atomic mass is 31.0. The molecule has 3 atom stereocenters. The molecule has 1 saturated heterocycles. The third-order valence-electron chi connectivity index (χ3n) is 5.34. The van der Waals surface area contributed by atoms with E-state index in [1.165, 1.54) is 16.2 Å². The lowest BCUT2D eigenvalue weighted by molar-refractivity contribution is -0.132. The Morgan fingerprint density at radius 3 is 2.79 bits per heavy atom. The summed E-state index contributed by atoms with van der Waals surface area (Å²) in [6.07, 6.45) is 3.49. The van der Waals surface area contributed by atoms with Gasteiger partial charge in [0.15, 0.2) is 0 Å². The van der Waals surface area contributed by atoms with E-state index in [1.807, 2.05) is 23.1 Å². The van der Waals surface area contributed by atoms with Crippen LogP contribution in [0.1, 0.15) is 43.4 Å². The van der Waals surface area contributed by atoms with E-state index in [9.17, 15) is 9.59 Å². The van der Waals surface area contributed by atoms with Crippen molar-refractivity contribution < 1.29 is 4.79 Å². The summed E-state index contributed by atoms with van der Waals surface area (Å²) in [7, 11) is 2.71. The summed E-state index contributed by atoms with van der Waals surface area (Å²) in [6, 6.07) is 13.3. The first-order valence-electron chi connectivity index (χ1n) is 9.79. The van der Waals surface area contributed by atoms with E-state index >= 15 is 0 Å². The van der Waals surface area contributed by atoms with E-state index in [0.717, 1.165) is 23.8 Å². The van der Waals surface area contributed by atoms with E-state index in [0.29, 0.717) is 30.9 Å². The van der Waals surface area contributed by atoms with Gasteiger partial charge in [0, 0.05) is 31.8 Å². The number of likely N-dealkylation sites (tertiary alicyclic amines) is 1. The Morgan fingerprint density at radius 1 is 1.31 bits per heavy atom. The van der Waals surface area contributed by atoms with Crippen LogP contribution in [-0.2, 0) is 11.3 Å². The fraction of sp³-hybridized carbons (Fsp3) is 0.348. The Hall–Kier alpha value is -2.70. The van der Waals surface area contributed by atoms with Gasteiger partial charge in [0.2, 0.25) is 5.91 Å². The zero-order valence-electron chi connectivity index (χ0n) is 16.7. The van der Waals surface area contributed by atoms with Gasteiger partial charge in [-0.15, -0.1) is 9.24 Å². The molecule has 0 aliphatic carbocycles. The van der Waals surface area contributed by atoms with Gasteiger partial charge in [0.05, 0.1) is 17.7 Å². The molecule has 6 heteroatoms. The highest BCUT2D eigenvalue weighted by molar-refractivity contribution is 7.27. The molecule has 0 bridgehead atoms. The zero-order valence-corrected chi connectivity index (χ0v) is 17.8. The van der Waals surface area contributed by atoms with Gasteiger partial charge in [-0.05, 0) is 41.8 Å². The minimum Gasteiger partial charge on any atom is -0.335 e. The first-order chi connectivity index (χ1) is 13.9. The van der Waals surface area contributed by atoms with Gasteiger partial charge in [0.25, 0.3) is 5.56 Å². The number of carbonyl (C=O) groups is 1. The average molecular weight is 407 g/mol. The molecule has 1 amide bonds. The zero-order chi connectivity index (χ0) is 21.0. The SMILES string of the molecule is C=C(CCC(=O)N1CC(C)CC1c1cccc(P)c1)Cn1ccc(C#N)cc1=O. The van der Waals surface area contributed by atoms with Crippen molar-refractivity contribution >= 4 is 20.5 Å². The molecule has 29 heavy (non-hydrogen) atoms. The highest BCUT2D eigenvalue weighted by Crippen LogP contribution is 2.35. The van der Waals surface area contributed by atoms with E-state index in [2.05, 4.69) is 34.9 Å². The standard InChI is InChI=1S/C23H26N3O2P/c1-16(14-25-9-8-18(13-24)11-23(25)28)6-7-22(27)26-15-17(2)10-21(26)19-4-3-5-20(29)12-19/h3-5,8-9,11-12,17,21H,1,6-7,10,14-15,29H2,2H3. The lowest BCUT2D eigenvalue weighted by Gasteiger charge is -2.25. The molecule has 5 nitrogen and oxygen atoms in total. The maximum absolute atomic E-state index is 12.9. The Labute approximate surface area is 173 Å². The number of pyridine rings is 1. The number of nitrogens with zero attached hydrogens (tertiary/aromatic N) is 3. The summed E-state index contributed by atoms with van der Waals surface area (Å²) in [5, 5.41) is 9.98. The van der Waals surface area contributed by atoms with Crippen LogP contribution in [0, 0.1) is 17.2 Å². The van der Waals surface area contributed by atoms with Crippen LogP contribution < -0.4 is 10.9 Å². The molecule has 0 spiro atoms. The van der Waals surface area contributed by atoms with Gasteiger partial charge in [-0.2, -0.15) is 5.26 Å². The third kappa shape index (κ3) is 5.22. The van der Waals surface area contributed by atoms with Crippen molar-refractivity contribution in [3.63, 3.8) is 0 Å². The minimum atomic E-state index is -0.234. The fourth-order valence-electron chi connectivity index (χ4n) is 3.86. The number of allylic oxidation sites excluding steroid dienone is 1. The van der Waals surface area contributed by atoms with Gasteiger partial charge in [0.1, 0.15) is 0 Å². The van der Waals surface area contributed by atoms with Gasteiger partial charge in [-0.3, -0.25) is 9.59 Å². The summed E-state index contributed by atoms with van der Waals surface area (Å²) in [5.74, 6) is 0.597. The molecule has 1 aliphatic heterocycles. The number of benzene rings is 1. The van der Waals surface area contributed by atoms with Gasteiger partial charge >= 0.3 is 0 Å². The second kappa shape index (κ2) is 9.20. The molecule has 1 aromatic heterocycles. The van der Waals surface area contributed by atoms with E-state index < -0.39 is 0 Å². The normalized spacial score (nSPS) is 18.4. The van der Waals surface area contributed by atoms with Crippen LogP contribution in [0.25, 0.3) is 0 Å². The first-order valence-corrected chi connectivity index (χ1v) is 10.4. The number of amides is 1. The second-order valence-corrected chi connectivity index (χ2v) is 8.48. The van der Waals surface area contributed by atoms with Crippen molar-refractivity contribution in [2.24, 2.45) is 5.92 Å². The Balaban J connectivity index is 1.61. The smallest absolute Gasteiger partial charge is 0.252 e. The molecule has 1 aromatic carbocycles. The molecule has 2 aromatic rings. The van der Waals surface area contributed by atoms with Gasteiger partial charge < -0.3 is 9.47 Å². The van der Waals surface area contributed by atoms with E-state index in [-0.39, 0.29) is 17.5 Å². The van der Waals surface area contributed by atoms with Crippen molar-refractivity contribution in [3.05, 3.63) is 76.2 Å². The van der Waals surface area contributed by atoms with E-state index in [4.69, 9.17) is 5.26 Å². The summed E-state index contributed by atoms with van der Waals surface area (Å²) in [6.45, 7) is 7.34. The Kier molecular flexibility index (Phi) is 6.67. The molecule has 3 rings (SSSR count). The molecular formula is C23H26N3O2P. The van der Waals surface area contributed by atoms with Crippen LogP contribution >= 0.6 is 9.24 Å². The lowest BCUT2D eigenvalue weighted by atomic mass is 10.0. The molecule has 0 saturated carbocycles. The van der Waals surface area contributed by atoms with Crippen molar-refractivity contribution in [3.8, 4) is 6.07 Å². The quantitative estimate of drug-likeness (QED) is 0.546. The Bertz CT molecular complexity index is 1020. The topological polar surface area (TPSA) is 66.1 Å². The summed E-state index contributed by atoms with van der Waals surface area (Å²) < 4.78 is 1.51. The van der Waals surface area contributed by atoms with Gasteiger partial charge in [-0.1, -0.05) is 37.3 Å². The van der Waals surface area contributed by atoms with Crippen molar-refractivity contribution in [1.29, 1.82) is 5.26 Å². The van der Waals surface area contributed by atoms with Crippen molar-refractivity contribution in [2.75, 3.05) is 6.54 Å². The molecule has 2 heterocycles. The maximum Gasteiger partial charge on any atom is 0.252 e. The van der Waals surface area contributed by atoms with Crippen molar-refractivity contribution in [1.82, 2.24) is 9.47 Å². The fourth-order valence-corrected chi connectivity index (χ4v) is 4.16. The predicted molar refractivity (Wildman–Crippen MR) is 118 cm³/mol. The van der Waals surface area contributed by atoms with Gasteiger partial charge in [-0.25, -0.2) is 0 Å². The van der Waals surface area contributed by atoms with E-state index in [1.54, 1.807) is 12.3 Å². The van der Waals surface area contributed by atoms with Crippen LogP contribution in [-0.4, -0.2) is 21.9 Å². The van der Waals surface area contributed by atoms with Crippen LogP contribution in [0.2, 0.25) is 0 Å². The largest absolute Gasteiger partial charge is 0.335 e. The number of aromatic nitrogens is 1. The number of hydrogen-bond acceptors (Lipinski definition) is 3. The number of nitriles is 1. The van der Waals surface area contributed by atoms with Crippen LogP contribution in [0.15, 0.2) is 59.5 Å². The molecule has 1 fully saturated rings. The molecule has 150 valence electrons. The van der Waals surface area contributed by atoms with Crippen LogP contribution in [0.5, 0.6) is 0 Å². The monoisotopic (exact) mass is 407 g/mol. The number of rotatable bonds is 6. The summed E-state index contributed by atoms with van der Waals surface area (Å²) >= 11 is 0. The molecule has 0 radical (unpaired) electrons. The average Bonchev–Trinajstić information content (AvgIpc) is 3.09. The first kappa shape index (κ1) is 21.0. The van der Waals surface area contributed by atoms with Crippen LogP contribution in [0.4, 0.5) is 0 Å². The predicted octanol–water partition coefficient (Wildman–Crippen LogP) is 3.17. The van der Waals surface area contributed by atoms with Crippen molar-refractivity contribution in [2.45, 2.75) is 38.8 Å². The number of hydrogen-bond donors (Lipinski definition) is 0. The second-order valence-electron chi connectivity index (χ2n) is 7.82. The Morgan fingerprint density at radius 2 is 2.10 bits per heavy atom. The summed E-state index contributed by atoms with van der Waals surface area (Å²) in [5.41, 5.74) is 2.11. The minimum absolute atomic E-state index is 0.118. The highest BCUT2D eigenvalue weighted by Gasteiger charge is 2.33.